The molecular formula is C6H8N2O5. The lowest BCUT2D eigenvalue weighted by molar-refractivity contribution is -0.537. The molecule has 0 amide bonds. The van der Waals surface area contributed by atoms with Gasteiger partial charge in [-0.25, -0.2) is 0 Å². The Morgan fingerprint density at radius 2 is 1.46 bits per heavy atom. The van der Waals surface area contributed by atoms with E-state index in [9.17, 15) is 25.0 Å². The van der Waals surface area contributed by atoms with E-state index >= 15 is 0 Å². The Morgan fingerprint density at radius 3 is 1.77 bits per heavy atom. The third kappa shape index (κ3) is 1.79. The van der Waals surface area contributed by atoms with Crippen LogP contribution in [0.4, 0.5) is 0 Å². The number of hydrogen-bond donors (Lipinski definition) is 0. The van der Waals surface area contributed by atoms with Crippen molar-refractivity contribution < 1.29 is 14.6 Å². The SMILES string of the molecule is O=C1C([N+](=O)[O-])CCCC1[N+](=O)[O-]. The summed E-state index contributed by atoms with van der Waals surface area (Å²) in [4.78, 5) is 30.2. The number of Topliss-reactive ketones (excluding diaryl/α,β-unsaturated/α-hetero) is 1. The predicted octanol–water partition coefficient (Wildman–Crippen LogP) is 0.0300. The maximum Gasteiger partial charge on any atom is 0.279 e. The van der Waals surface area contributed by atoms with Crippen LogP contribution in [0.1, 0.15) is 19.3 Å². The van der Waals surface area contributed by atoms with Crippen molar-refractivity contribution in [2.75, 3.05) is 0 Å². The molecule has 2 atom stereocenters. The van der Waals surface area contributed by atoms with Gasteiger partial charge in [-0.3, -0.25) is 25.0 Å². The lowest BCUT2D eigenvalue weighted by Crippen LogP contribution is -2.45. The van der Waals surface area contributed by atoms with Crippen LogP contribution in [-0.2, 0) is 4.79 Å². The summed E-state index contributed by atoms with van der Waals surface area (Å²) in [6.07, 6.45) is 0.607. The van der Waals surface area contributed by atoms with E-state index in [0.717, 1.165) is 0 Å². The van der Waals surface area contributed by atoms with Gasteiger partial charge in [0.05, 0.1) is 0 Å². The molecule has 1 saturated carbocycles. The molecule has 0 aromatic heterocycles. The van der Waals surface area contributed by atoms with Crippen LogP contribution < -0.4 is 0 Å². The number of ketones is 1. The third-order valence-electron chi connectivity index (χ3n) is 2.12. The van der Waals surface area contributed by atoms with Gasteiger partial charge in [-0.2, -0.15) is 0 Å². The summed E-state index contributed by atoms with van der Waals surface area (Å²) < 4.78 is 0. The first-order valence-electron chi connectivity index (χ1n) is 3.84. The fourth-order valence-electron chi connectivity index (χ4n) is 1.43. The van der Waals surface area contributed by atoms with Crippen LogP contribution >= 0.6 is 0 Å². The van der Waals surface area contributed by atoms with Crippen LogP contribution in [0.3, 0.4) is 0 Å². The van der Waals surface area contributed by atoms with Crippen LogP contribution in [0, 0.1) is 20.2 Å². The second-order valence-electron chi connectivity index (χ2n) is 2.94. The van der Waals surface area contributed by atoms with Crippen molar-refractivity contribution in [3.05, 3.63) is 20.2 Å². The first kappa shape index (κ1) is 9.56. The van der Waals surface area contributed by atoms with Crippen LogP contribution in [0.2, 0.25) is 0 Å². The molecule has 72 valence electrons. The monoisotopic (exact) mass is 188 g/mol. The zero-order chi connectivity index (χ0) is 10.0. The molecule has 1 fully saturated rings. The molecule has 0 saturated heterocycles. The molecule has 1 aliphatic carbocycles. The van der Waals surface area contributed by atoms with Crippen molar-refractivity contribution in [2.45, 2.75) is 31.3 Å². The average molecular weight is 188 g/mol. The van der Waals surface area contributed by atoms with Gasteiger partial charge in [-0.05, 0) is 6.42 Å². The Hall–Kier alpha value is -1.53. The second kappa shape index (κ2) is 3.46. The molecule has 2 unspecified atom stereocenters. The van der Waals surface area contributed by atoms with Crippen LogP contribution in [0.25, 0.3) is 0 Å². The number of carbonyl (C=O) groups excluding carboxylic acids is 1. The Morgan fingerprint density at radius 1 is 1.08 bits per heavy atom. The molecule has 0 radical (unpaired) electrons. The molecule has 13 heavy (non-hydrogen) atoms. The summed E-state index contributed by atoms with van der Waals surface area (Å²) in [5.41, 5.74) is 0. The molecule has 1 rings (SSSR count). The normalized spacial score (nSPS) is 28.5. The lowest BCUT2D eigenvalue weighted by Gasteiger charge is -2.16. The van der Waals surface area contributed by atoms with Gasteiger partial charge in [0.25, 0.3) is 17.9 Å². The topological polar surface area (TPSA) is 103 Å². The number of nitro groups is 2. The molecule has 0 spiro atoms. The highest BCUT2D eigenvalue weighted by atomic mass is 16.6. The van der Waals surface area contributed by atoms with Gasteiger partial charge in [-0.1, -0.05) is 0 Å². The summed E-state index contributed by atoms with van der Waals surface area (Å²) in [5.74, 6) is -0.860. The first-order chi connectivity index (χ1) is 6.04. The van der Waals surface area contributed by atoms with Crippen molar-refractivity contribution in [3.63, 3.8) is 0 Å². The minimum absolute atomic E-state index is 0.121. The number of nitrogens with zero attached hydrogens (tertiary/aromatic N) is 2. The smallest absolute Gasteiger partial charge is 0.279 e. The molecule has 0 aromatic rings. The van der Waals surface area contributed by atoms with Gasteiger partial charge >= 0.3 is 0 Å². The van der Waals surface area contributed by atoms with Crippen molar-refractivity contribution >= 4 is 5.78 Å². The van der Waals surface area contributed by atoms with Crippen LogP contribution in [-0.4, -0.2) is 27.7 Å². The fourth-order valence-corrected chi connectivity index (χ4v) is 1.43. The van der Waals surface area contributed by atoms with Crippen LogP contribution in [0.5, 0.6) is 0 Å². The van der Waals surface area contributed by atoms with Gasteiger partial charge in [0.15, 0.2) is 0 Å². The second-order valence-corrected chi connectivity index (χ2v) is 2.94. The molecule has 0 aliphatic heterocycles. The fraction of sp³-hybridized carbons (Fsp3) is 0.833. The largest absolute Gasteiger partial charge is 0.284 e. The standard InChI is InChI=1S/C6H8N2O5/c9-6-4(7(10)11)2-1-3-5(6)8(12)13/h4-5H,1-3H2. The van der Waals surface area contributed by atoms with E-state index in [1.807, 2.05) is 0 Å². The van der Waals surface area contributed by atoms with Crippen molar-refractivity contribution in [3.8, 4) is 0 Å². The van der Waals surface area contributed by atoms with Crippen molar-refractivity contribution in [1.29, 1.82) is 0 Å². The Labute approximate surface area is 73.0 Å². The van der Waals surface area contributed by atoms with E-state index in [0.29, 0.717) is 6.42 Å². The third-order valence-corrected chi connectivity index (χ3v) is 2.12. The summed E-state index contributed by atoms with van der Waals surface area (Å²) in [6, 6.07) is -2.74. The molecule has 0 bridgehead atoms. The molecular weight excluding hydrogens is 180 g/mol. The minimum Gasteiger partial charge on any atom is -0.284 e. The summed E-state index contributed by atoms with van der Waals surface area (Å²) in [6.45, 7) is 0. The molecule has 0 heterocycles. The molecule has 7 nitrogen and oxygen atoms in total. The quantitative estimate of drug-likeness (QED) is 0.449. The Kier molecular flexibility index (Phi) is 2.54. The predicted molar refractivity (Wildman–Crippen MR) is 40.4 cm³/mol. The highest BCUT2D eigenvalue weighted by molar-refractivity contribution is 5.87. The Bertz CT molecular complexity index is 240. The minimum atomic E-state index is -1.37. The van der Waals surface area contributed by atoms with Gasteiger partial charge in [0, 0.05) is 22.7 Å². The first-order valence-corrected chi connectivity index (χ1v) is 3.84. The van der Waals surface area contributed by atoms with E-state index in [1.165, 1.54) is 0 Å². The highest BCUT2D eigenvalue weighted by Crippen LogP contribution is 2.19. The molecule has 0 aromatic carbocycles. The van der Waals surface area contributed by atoms with Gasteiger partial charge in [-0.15, -0.1) is 0 Å². The number of hydrogen-bond acceptors (Lipinski definition) is 5. The number of carbonyl (C=O) groups is 1. The van der Waals surface area contributed by atoms with E-state index in [4.69, 9.17) is 0 Å². The molecule has 1 aliphatic rings. The average Bonchev–Trinajstić information content (AvgIpc) is 2.03. The van der Waals surface area contributed by atoms with Crippen LogP contribution in [0.15, 0.2) is 0 Å². The highest BCUT2D eigenvalue weighted by Gasteiger charge is 2.45. The van der Waals surface area contributed by atoms with Gasteiger partial charge < -0.3 is 0 Å². The summed E-state index contributed by atoms with van der Waals surface area (Å²) in [7, 11) is 0. The van der Waals surface area contributed by atoms with E-state index < -0.39 is 27.7 Å². The van der Waals surface area contributed by atoms with Gasteiger partial charge in [0.1, 0.15) is 0 Å². The van der Waals surface area contributed by atoms with E-state index in [2.05, 4.69) is 0 Å². The summed E-state index contributed by atoms with van der Waals surface area (Å²) >= 11 is 0. The number of rotatable bonds is 2. The molecule has 0 N–H and O–H groups in total. The molecule has 7 heteroatoms. The zero-order valence-electron chi connectivity index (χ0n) is 6.71. The van der Waals surface area contributed by atoms with Crippen molar-refractivity contribution in [1.82, 2.24) is 0 Å². The summed E-state index contributed by atoms with van der Waals surface area (Å²) in [5, 5.41) is 20.6. The van der Waals surface area contributed by atoms with Gasteiger partial charge in [0.2, 0.25) is 0 Å². The maximum absolute atomic E-state index is 11.1. The Balaban J connectivity index is 2.77. The maximum atomic E-state index is 11.1. The lowest BCUT2D eigenvalue weighted by atomic mass is 9.90. The van der Waals surface area contributed by atoms with E-state index in [-0.39, 0.29) is 12.8 Å². The van der Waals surface area contributed by atoms with E-state index in [1.54, 1.807) is 0 Å². The van der Waals surface area contributed by atoms with Crippen molar-refractivity contribution in [2.24, 2.45) is 0 Å². The zero-order valence-corrected chi connectivity index (χ0v) is 6.71.